The zero-order valence-electron chi connectivity index (χ0n) is 11.7. The van der Waals surface area contributed by atoms with Gasteiger partial charge in [-0.1, -0.05) is 13.0 Å². The van der Waals surface area contributed by atoms with Gasteiger partial charge in [-0.15, -0.1) is 0 Å². The Morgan fingerprint density at radius 1 is 1.19 bits per heavy atom. The van der Waals surface area contributed by atoms with Crippen LogP contribution >= 0.6 is 0 Å². The van der Waals surface area contributed by atoms with Gasteiger partial charge in [0.05, 0.1) is 23.2 Å². The number of hydrogen-bond acceptors (Lipinski definition) is 3. The van der Waals surface area contributed by atoms with Crippen molar-refractivity contribution in [3.63, 3.8) is 0 Å². The van der Waals surface area contributed by atoms with Gasteiger partial charge in [0.1, 0.15) is 0 Å². The molecule has 0 fully saturated rings. The molecular weight excluding hydrogens is 278 g/mol. The molecule has 0 radical (unpaired) electrons. The molecular formula is C15H14F2N2O2. The fourth-order valence-corrected chi connectivity index (χ4v) is 2.08. The number of benzene rings is 1. The van der Waals surface area contributed by atoms with Gasteiger partial charge in [0.25, 0.3) is 0 Å². The van der Waals surface area contributed by atoms with Crippen molar-refractivity contribution in [3.05, 3.63) is 52.9 Å². The van der Waals surface area contributed by atoms with Gasteiger partial charge in [-0.3, -0.25) is 14.3 Å². The second-order valence-corrected chi connectivity index (χ2v) is 4.64. The SMILES string of the molecule is CCc1nn(C)cc1C(=O)CC(=O)c1cccc(F)c1F. The number of aromatic nitrogens is 2. The number of rotatable bonds is 5. The summed E-state index contributed by atoms with van der Waals surface area (Å²) in [5, 5.41) is 4.11. The highest BCUT2D eigenvalue weighted by Crippen LogP contribution is 2.16. The first-order chi connectivity index (χ1) is 9.93. The van der Waals surface area contributed by atoms with Crippen molar-refractivity contribution in [2.24, 2.45) is 7.05 Å². The van der Waals surface area contributed by atoms with Crippen molar-refractivity contribution < 1.29 is 18.4 Å². The van der Waals surface area contributed by atoms with E-state index in [1.807, 2.05) is 6.92 Å². The van der Waals surface area contributed by atoms with Crippen molar-refractivity contribution in [2.75, 3.05) is 0 Å². The summed E-state index contributed by atoms with van der Waals surface area (Å²) in [6.45, 7) is 1.84. The highest BCUT2D eigenvalue weighted by molar-refractivity contribution is 6.13. The third-order valence-corrected chi connectivity index (χ3v) is 3.11. The van der Waals surface area contributed by atoms with Gasteiger partial charge < -0.3 is 0 Å². The summed E-state index contributed by atoms with van der Waals surface area (Å²) in [4.78, 5) is 24.1. The van der Waals surface area contributed by atoms with Gasteiger partial charge in [-0.05, 0) is 18.6 Å². The molecule has 0 atom stereocenters. The first kappa shape index (κ1) is 15.0. The summed E-state index contributed by atoms with van der Waals surface area (Å²) >= 11 is 0. The van der Waals surface area contributed by atoms with E-state index in [0.717, 1.165) is 12.1 Å². The fraction of sp³-hybridized carbons (Fsp3) is 0.267. The van der Waals surface area contributed by atoms with Crippen LogP contribution in [-0.4, -0.2) is 21.3 Å². The van der Waals surface area contributed by atoms with Crippen LogP contribution in [0.2, 0.25) is 0 Å². The van der Waals surface area contributed by atoms with E-state index in [2.05, 4.69) is 5.10 Å². The second-order valence-electron chi connectivity index (χ2n) is 4.64. The van der Waals surface area contributed by atoms with E-state index in [-0.39, 0.29) is 0 Å². The number of carbonyl (C=O) groups is 2. The molecule has 0 N–H and O–H groups in total. The first-order valence-electron chi connectivity index (χ1n) is 6.47. The molecule has 2 aromatic rings. The fourth-order valence-electron chi connectivity index (χ4n) is 2.08. The third kappa shape index (κ3) is 3.04. The molecule has 2 rings (SSSR count). The standard InChI is InChI=1S/C15H14F2N2O2/c1-3-12-10(8-19(2)18-12)14(21)7-13(20)9-5-4-6-11(16)15(9)17/h4-6,8H,3,7H2,1-2H3. The van der Waals surface area contributed by atoms with E-state index in [4.69, 9.17) is 0 Å². The molecule has 0 spiro atoms. The van der Waals surface area contributed by atoms with E-state index in [9.17, 15) is 18.4 Å². The zero-order chi connectivity index (χ0) is 15.6. The molecule has 0 aliphatic rings. The number of nitrogens with zero attached hydrogens (tertiary/aromatic N) is 2. The van der Waals surface area contributed by atoms with Gasteiger partial charge in [0.15, 0.2) is 23.2 Å². The molecule has 0 saturated carbocycles. The maximum absolute atomic E-state index is 13.5. The monoisotopic (exact) mass is 292 g/mol. The molecule has 0 amide bonds. The van der Waals surface area contributed by atoms with Crippen molar-refractivity contribution >= 4 is 11.6 Å². The lowest BCUT2D eigenvalue weighted by Crippen LogP contribution is -2.11. The number of ketones is 2. The Bertz CT molecular complexity index is 708. The van der Waals surface area contributed by atoms with E-state index >= 15 is 0 Å². The van der Waals surface area contributed by atoms with Gasteiger partial charge in [0, 0.05) is 13.2 Å². The van der Waals surface area contributed by atoms with Gasteiger partial charge in [-0.25, -0.2) is 8.78 Å². The van der Waals surface area contributed by atoms with Crippen LogP contribution < -0.4 is 0 Å². The Labute approximate surface area is 120 Å². The molecule has 0 unspecified atom stereocenters. The maximum Gasteiger partial charge on any atom is 0.174 e. The number of halogens is 2. The van der Waals surface area contributed by atoms with E-state index in [0.29, 0.717) is 17.7 Å². The van der Waals surface area contributed by atoms with E-state index < -0.39 is 35.2 Å². The second kappa shape index (κ2) is 5.95. The summed E-state index contributed by atoms with van der Waals surface area (Å²) in [6, 6.07) is 3.32. The summed E-state index contributed by atoms with van der Waals surface area (Å²) in [5.41, 5.74) is 0.505. The van der Waals surface area contributed by atoms with Crippen molar-refractivity contribution in [2.45, 2.75) is 19.8 Å². The average Bonchev–Trinajstić information content (AvgIpc) is 2.83. The molecule has 0 aliphatic heterocycles. The molecule has 0 saturated heterocycles. The Balaban J connectivity index is 2.23. The van der Waals surface area contributed by atoms with Gasteiger partial charge in [-0.2, -0.15) is 5.10 Å². The van der Waals surface area contributed by atoms with Crippen molar-refractivity contribution in [3.8, 4) is 0 Å². The first-order valence-corrected chi connectivity index (χ1v) is 6.47. The molecule has 4 nitrogen and oxygen atoms in total. The van der Waals surface area contributed by atoms with Crippen LogP contribution in [0.5, 0.6) is 0 Å². The lowest BCUT2D eigenvalue weighted by atomic mass is 10.0. The van der Waals surface area contributed by atoms with Crippen molar-refractivity contribution in [1.29, 1.82) is 0 Å². The predicted octanol–water partition coefficient (Wildman–Crippen LogP) is 2.72. The smallest absolute Gasteiger partial charge is 0.174 e. The third-order valence-electron chi connectivity index (χ3n) is 3.11. The highest BCUT2D eigenvalue weighted by Gasteiger charge is 2.21. The van der Waals surface area contributed by atoms with Gasteiger partial charge in [0.2, 0.25) is 0 Å². The van der Waals surface area contributed by atoms with Crippen LogP contribution in [-0.2, 0) is 13.5 Å². The molecule has 1 aromatic carbocycles. The van der Waals surface area contributed by atoms with Crippen LogP contribution in [0.25, 0.3) is 0 Å². The number of hydrogen-bond donors (Lipinski definition) is 0. The minimum absolute atomic E-state index is 0.338. The molecule has 1 aromatic heterocycles. The van der Waals surface area contributed by atoms with Crippen LogP contribution in [0.4, 0.5) is 8.78 Å². The van der Waals surface area contributed by atoms with Crippen LogP contribution in [0, 0.1) is 11.6 Å². The molecule has 21 heavy (non-hydrogen) atoms. The molecule has 6 heteroatoms. The Morgan fingerprint density at radius 2 is 1.86 bits per heavy atom. The topological polar surface area (TPSA) is 52.0 Å². The molecule has 0 aliphatic carbocycles. The van der Waals surface area contributed by atoms with E-state index in [1.54, 1.807) is 7.05 Å². The minimum atomic E-state index is -1.22. The van der Waals surface area contributed by atoms with E-state index in [1.165, 1.54) is 16.9 Å². The highest BCUT2D eigenvalue weighted by atomic mass is 19.2. The quantitative estimate of drug-likeness (QED) is 0.629. The van der Waals surface area contributed by atoms with Crippen molar-refractivity contribution in [1.82, 2.24) is 9.78 Å². The summed E-state index contributed by atoms with van der Waals surface area (Å²) in [5.74, 6) is -3.53. The Kier molecular flexibility index (Phi) is 4.26. The number of carbonyl (C=O) groups excluding carboxylic acids is 2. The molecule has 110 valence electrons. The van der Waals surface area contributed by atoms with Crippen LogP contribution in [0.1, 0.15) is 39.8 Å². The molecule has 0 bridgehead atoms. The zero-order valence-corrected chi connectivity index (χ0v) is 11.7. The summed E-state index contributed by atoms with van der Waals surface area (Å²) in [7, 11) is 1.67. The minimum Gasteiger partial charge on any atom is -0.294 e. The largest absolute Gasteiger partial charge is 0.294 e. The molecule has 1 heterocycles. The number of aryl methyl sites for hydroxylation is 2. The van der Waals surface area contributed by atoms with Crippen LogP contribution in [0.3, 0.4) is 0 Å². The summed E-state index contributed by atoms with van der Waals surface area (Å²) < 4.78 is 28.1. The Morgan fingerprint density at radius 3 is 2.52 bits per heavy atom. The average molecular weight is 292 g/mol. The lowest BCUT2D eigenvalue weighted by molar-refractivity contribution is 0.0891. The number of Topliss-reactive ketones (excluding diaryl/α,β-unsaturated/α-hetero) is 2. The van der Waals surface area contributed by atoms with Crippen LogP contribution in [0.15, 0.2) is 24.4 Å². The normalized spacial score (nSPS) is 10.7. The predicted molar refractivity (Wildman–Crippen MR) is 72.2 cm³/mol. The lowest BCUT2D eigenvalue weighted by Gasteiger charge is -2.03. The Hall–Kier alpha value is -2.37. The van der Waals surface area contributed by atoms with Gasteiger partial charge >= 0.3 is 0 Å². The maximum atomic E-state index is 13.5. The summed E-state index contributed by atoms with van der Waals surface area (Å²) in [6.07, 6.45) is 1.56.